The number of carbonyl (C=O) groups excluding carboxylic acids is 1. The zero-order valence-corrected chi connectivity index (χ0v) is 16.3. The maximum absolute atomic E-state index is 12.5. The van der Waals surface area contributed by atoms with E-state index in [0.29, 0.717) is 5.75 Å². The lowest BCUT2D eigenvalue weighted by molar-refractivity contribution is -0.115. The number of amides is 1. The van der Waals surface area contributed by atoms with Crippen LogP contribution >= 0.6 is 27.7 Å². The monoisotopic (exact) mass is 404 g/mol. The van der Waals surface area contributed by atoms with Gasteiger partial charge in [-0.1, -0.05) is 28.1 Å². The Morgan fingerprint density at radius 3 is 2.50 bits per heavy atom. The maximum Gasteiger partial charge on any atom is 0.238 e. The SMILES string of the molecule is CCN(CC)c1ccc(N2C(=O)CSC2c2cccc(Br)c2)cc1. The molecule has 1 saturated heterocycles. The lowest BCUT2D eigenvalue weighted by Gasteiger charge is -2.26. The van der Waals surface area contributed by atoms with Gasteiger partial charge in [-0.15, -0.1) is 11.8 Å². The van der Waals surface area contributed by atoms with Crippen molar-refractivity contribution in [1.29, 1.82) is 0 Å². The average Bonchev–Trinajstić information content (AvgIpc) is 2.98. The third kappa shape index (κ3) is 3.47. The minimum absolute atomic E-state index is 0.0364. The fourth-order valence-electron chi connectivity index (χ4n) is 3.02. The fourth-order valence-corrected chi connectivity index (χ4v) is 4.61. The van der Waals surface area contributed by atoms with Gasteiger partial charge in [-0.3, -0.25) is 9.69 Å². The van der Waals surface area contributed by atoms with Crippen LogP contribution in [0.3, 0.4) is 0 Å². The summed E-state index contributed by atoms with van der Waals surface area (Å²) in [6, 6.07) is 16.5. The molecule has 126 valence electrons. The number of halogens is 1. The lowest BCUT2D eigenvalue weighted by atomic mass is 10.1. The molecule has 1 amide bonds. The number of rotatable bonds is 5. The highest BCUT2D eigenvalue weighted by atomic mass is 79.9. The second-order valence-corrected chi connectivity index (χ2v) is 7.66. The van der Waals surface area contributed by atoms with Gasteiger partial charge in [0.25, 0.3) is 0 Å². The lowest BCUT2D eigenvalue weighted by Crippen LogP contribution is -2.28. The topological polar surface area (TPSA) is 23.6 Å². The van der Waals surface area contributed by atoms with Crippen LogP contribution in [0.25, 0.3) is 0 Å². The van der Waals surface area contributed by atoms with Crippen molar-refractivity contribution in [1.82, 2.24) is 0 Å². The van der Waals surface area contributed by atoms with Crippen molar-refractivity contribution in [2.75, 3.05) is 28.6 Å². The first-order chi connectivity index (χ1) is 11.6. The van der Waals surface area contributed by atoms with Crippen LogP contribution in [0.4, 0.5) is 11.4 Å². The van der Waals surface area contributed by atoms with Crippen molar-refractivity contribution in [2.45, 2.75) is 19.2 Å². The third-order valence-corrected chi connectivity index (χ3v) is 5.96. The van der Waals surface area contributed by atoms with Crippen LogP contribution in [0.15, 0.2) is 53.0 Å². The molecule has 1 heterocycles. The molecular weight excluding hydrogens is 384 g/mol. The molecule has 24 heavy (non-hydrogen) atoms. The number of hydrogen-bond acceptors (Lipinski definition) is 3. The first kappa shape index (κ1) is 17.4. The average molecular weight is 405 g/mol. The van der Waals surface area contributed by atoms with E-state index in [1.54, 1.807) is 11.8 Å². The number of carbonyl (C=O) groups is 1. The third-order valence-electron chi connectivity index (χ3n) is 4.26. The highest BCUT2D eigenvalue weighted by Gasteiger charge is 2.34. The van der Waals surface area contributed by atoms with E-state index < -0.39 is 0 Å². The summed E-state index contributed by atoms with van der Waals surface area (Å²) in [7, 11) is 0. The van der Waals surface area contributed by atoms with Crippen LogP contribution in [0.2, 0.25) is 0 Å². The van der Waals surface area contributed by atoms with Gasteiger partial charge in [-0.25, -0.2) is 0 Å². The van der Waals surface area contributed by atoms with Crippen molar-refractivity contribution in [2.24, 2.45) is 0 Å². The van der Waals surface area contributed by atoms with E-state index in [-0.39, 0.29) is 11.3 Å². The van der Waals surface area contributed by atoms with Gasteiger partial charge in [0, 0.05) is 28.9 Å². The van der Waals surface area contributed by atoms with E-state index in [9.17, 15) is 4.79 Å². The Kier molecular flexibility index (Phi) is 5.51. The Labute approximate surface area is 156 Å². The van der Waals surface area contributed by atoms with Gasteiger partial charge in [0.05, 0.1) is 5.75 Å². The minimum Gasteiger partial charge on any atom is -0.372 e. The highest BCUT2D eigenvalue weighted by molar-refractivity contribution is 9.10. The Balaban J connectivity index is 1.89. The van der Waals surface area contributed by atoms with E-state index in [4.69, 9.17) is 0 Å². The summed E-state index contributed by atoms with van der Waals surface area (Å²) in [4.78, 5) is 16.7. The summed E-state index contributed by atoms with van der Waals surface area (Å²) >= 11 is 5.20. The summed E-state index contributed by atoms with van der Waals surface area (Å²) in [5.41, 5.74) is 3.31. The molecule has 2 aromatic rings. The Hall–Kier alpha value is -1.46. The smallest absolute Gasteiger partial charge is 0.238 e. The van der Waals surface area contributed by atoms with Gasteiger partial charge in [0.1, 0.15) is 5.37 Å². The predicted octanol–water partition coefficient (Wildman–Crippen LogP) is 5.07. The number of nitrogens with zero attached hydrogens (tertiary/aromatic N) is 2. The molecule has 1 aliphatic rings. The van der Waals surface area contributed by atoms with Crippen molar-refractivity contribution < 1.29 is 4.79 Å². The van der Waals surface area contributed by atoms with E-state index in [1.165, 1.54) is 5.69 Å². The Bertz CT molecular complexity index is 716. The van der Waals surface area contributed by atoms with Gasteiger partial charge in [0.15, 0.2) is 0 Å². The zero-order chi connectivity index (χ0) is 17.1. The van der Waals surface area contributed by atoms with Crippen molar-refractivity contribution in [3.8, 4) is 0 Å². The summed E-state index contributed by atoms with van der Waals surface area (Å²) in [6.07, 6.45) is 0. The predicted molar refractivity (Wildman–Crippen MR) is 107 cm³/mol. The molecule has 5 heteroatoms. The second kappa shape index (κ2) is 7.62. The van der Waals surface area contributed by atoms with Crippen LogP contribution in [0, 0.1) is 0 Å². The maximum atomic E-state index is 12.5. The molecule has 1 unspecified atom stereocenters. The summed E-state index contributed by atoms with van der Waals surface area (Å²) in [6.45, 7) is 6.27. The molecule has 1 atom stereocenters. The molecule has 2 aromatic carbocycles. The normalized spacial score (nSPS) is 17.4. The van der Waals surface area contributed by atoms with Gasteiger partial charge in [-0.05, 0) is 55.8 Å². The quantitative estimate of drug-likeness (QED) is 0.694. The molecular formula is C19H21BrN2OS. The molecule has 0 aliphatic carbocycles. The van der Waals surface area contributed by atoms with Crippen LogP contribution < -0.4 is 9.80 Å². The van der Waals surface area contributed by atoms with Gasteiger partial charge in [-0.2, -0.15) is 0 Å². The molecule has 3 rings (SSSR count). The van der Waals surface area contributed by atoms with Crippen molar-refractivity contribution in [3.63, 3.8) is 0 Å². The molecule has 0 aromatic heterocycles. The van der Waals surface area contributed by atoms with Gasteiger partial charge >= 0.3 is 0 Å². The molecule has 0 saturated carbocycles. The molecule has 0 N–H and O–H groups in total. The number of anilines is 2. The van der Waals surface area contributed by atoms with Crippen molar-refractivity contribution in [3.05, 3.63) is 58.6 Å². The van der Waals surface area contributed by atoms with E-state index in [2.05, 4.69) is 71.1 Å². The summed E-state index contributed by atoms with van der Waals surface area (Å²) in [5, 5.41) is 0.0364. The summed E-state index contributed by atoms with van der Waals surface area (Å²) in [5.74, 6) is 0.690. The minimum atomic E-state index is 0.0364. The van der Waals surface area contributed by atoms with E-state index in [0.717, 1.165) is 28.8 Å². The Morgan fingerprint density at radius 1 is 1.17 bits per heavy atom. The first-order valence-corrected chi connectivity index (χ1v) is 10.0. The zero-order valence-electron chi connectivity index (χ0n) is 13.9. The number of thioether (sulfide) groups is 1. The highest BCUT2D eigenvalue weighted by Crippen LogP contribution is 2.42. The van der Waals surface area contributed by atoms with Crippen LogP contribution in [0.5, 0.6) is 0 Å². The van der Waals surface area contributed by atoms with Gasteiger partial charge < -0.3 is 4.90 Å². The molecule has 0 radical (unpaired) electrons. The largest absolute Gasteiger partial charge is 0.372 e. The molecule has 3 nitrogen and oxygen atoms in total. The van der Waals surface area contributed by atoms with Crippen LogP contribution in [-0.4, -0.2) is 24.7 Å². The van der Waals surface area contributed by atoms with Crippen LogP contribution in [0.1, 0.15) is 24.8 Å². The van der Waals surface area contributed by atoms with E-state index >= 15 is 0 Å². The molecule has 0 spiro atoms. The van der Waals surface area contributed by atoms with Crippen LogP contribution in [-0.2, 0) is 4.79 Å². The molecule has 1 fully saturated rings. The fraction of sp³-hybridized carbons (Fsp3) is 0.316. The molecule has 0 bridgehead atoms. The Morgan fingerprint density at radius 2 is 1.88 bits per heavy atom. The van der Waals surface area contributed by atoms with E-state index in [1.807, 2.05) is 17.0 Å². The van der Waals surface area contributed by atoms with Crippen molar-refractivity contribution >= 4 is 45.0 Å². The molecule has 1 aliphatic heterocycles. The standard InChI is InChI=1S/C19H21BrN2OS/c1-3-21(4-2)16-8-10-17(11-9-16)22-18(23)13-24-19(22)14-6-5-7-15(20)12-14/h5-12,19H,3-4,13H2,1-2H3. The summed E-state index contributed by atoms with van der Waals surface area (Å²) < 4.78 is 1.04. The number of benzene rings is 2. The second-order valence-electron chi connectivity index (χ2n) is 5.67. The number of hydrogen-bond donors (Lipinski definition) is 0. The van der Waals surface area contributed by atoms with Gasteiger partial charge in [0.2, 0.25) is 5.91 Å². The first-order valence-electron chi connectivity index (χ1n) is 8.18.